The van der Waals surface area contributed by atoms with E-state index in [1.807, 2.05) is 18.2 Å². The molecule has 6 nitrogen and oxygen atoms in total. The number of hydrogen-bond donors (Lipinski definition) is 1. The molecule has 28 heavy (non-hydrogen) atoms. The zero-order valence-electron chi connectivity index (χ0n) is 14.9. The predicted octanol–water partition coefficient (Wildman–Crippen LogP) is 2.02. The number of hydrogen-bond acceptors (Lipinski definition) is 6. The fourth-order valence-corrected chi connectivity index (χ4v) is 3.75. The molecule has 1 N–H and O–H groups in total. The second kappa shape index (κ2) is 7.98. The van der Waals surface area contributed by atoms with Crippen LogP contribution in [0.5, 0.6) is 5.75 Å². The third kappa shape index (κ3) is 3.80. The van der Waals surface area contributed by atoms with Gasteiger partial charge in [-0.2, -0.15) is 0 Å². The molecule has 0 radical (unpaired) electrons. The molecular formula is C20H13N2NaO4S. The molecule has 0 atom stereocenters. The molecule has 0 heterocycles. The zero-order valence-corrected chi connectivity index (χ0v) is 17.7. The number of phenolic OH excluding ortho intramolecular Hbond substituents is 1. The zero-order chi connectivity index (χ0) is 19.0. The molecule has 4 rings (SSSR count). The van der Waals surface area contributed by atoms with Crippen LogP contribution in [0.4, 0.5) is 11.4 Å². The summed E-state index contributed by atoms with van der Waals surface area (Å²) in [6, 6.07) is 20.1. The maximum absolute atomic E-state index is 11.6. The first-order valence-corrected chi connectivity index (χ1v) is 9.46. The molecule has 0 amide bonds. The first kappa shape index (κ1) is 20.4. The molecule has 0 saturated heterocycles. The van der Waals surface area contributed by atoms with Crippen molar-refractivity contribution in [3.05, 3.63) is 72.8 Å². The summed E-state index contributed by atoms with van der Waals surface area (Å²) in [6.07, 6.45) is 0. The molecule has 0 fully saturated rings. The standard InChI is InChI=1S/C20H14N2O4S.Na/c23-17-12-11-13-5-1-2-8-15(13)20(17)22-21-16-9-3-6-14-7-4-10-18(19(14)16)27(24,25)26;/h1-12,23H,(H,24,25,26);/q;+1/p-1. The predicted molar refractivity (Wildman–Crippen MR) is 102 cm³/mol. The van der Waals surface area contributed by atoms with Crippen molar-refractivity contribution in [2.75, 3.05) is 0 Å². The topological polar surface area (TPSA) is 102 Å². The van der Waals surface area contributed by atoms with Gasteiger partial charge in [0.2, 0.25) is 0 Å². The molecule has 0 aliphatic rings. The fraction of sp³-hybridized carbons (Fsp3) is 0. The number of rotatable bonds is 3. The summed E-state index contributed by atoms with van der Waals surface area (Å²) in [5.41, 5.74) is 0.502. The van der Waals surface area contributed by atoms with Gasteiger partial charge in [-0.15, -0.1) is 10.2 Å². The Kier molecular flexibility index (Phi) is 5.83. The van der Waals surface area contributed by atoms with Crippen molar-refractivity contribution >= 4 is 43.0 Å². The van der Waals surface area contributed by atoms with Gasteiger partial charge in [0.1, 0.15) is 21.6 Å². The van der Waals surface area contributed by atoms with Gasteiger partial charge in [0.05, 0.1) is 10.6 Å². The first-order valence-electron chi connectivity index (χ1n) is 8.05. The van der Waals surface area contributed by atoms with Gasteiger partial charge in [0.15, 0.2) is 0 Å². The molecule has 4 aromatic carbocycles. The van der Waals surface area contributed by atoms with Crippen LogP contribution in [0.1, 0.15) is 0 Å². The fourth-order valence-electron chi connectivity index (χ4n) is 3.03. The Labute approximate surface area is 183 Å². The van der Waals surface area contributed by atoms with E-state index in [2.05, 4.69) is 10.2 Å². The van der Waals surface area contributed by atoms with Gasteiger partial charge >= 0.3 is 29.6 Å². The van der Waals surface area contributed by atoms with Crippen LogP contribution in [0.2, 0.25) is 0 Å². The Hall–Kier alpha value is -2.29. The number of nitrogens with zero attached hydrogens (tertiary/aromatic N) is 2. The summed E-state index contributed by atoms with van der Waals surface area (Å²) in [5.74, 6) is -0.0469. The van der Waals surface area contributed by atoms with Crippen LogP contribution in [0, 0.1) is 0 Å². The van der Waals surface area contributed by atoms with Crippen molar-refractivity contribution in [3.63, 3.8) is 0 Å². The number of aromatic hydroxyl groups is 1. The van der Waals surface area contributed by atoms with Crippen molar-refractivity contribution in [1.29, 1.82) is 0 Å². The van der Waals surface area contributed by atoms with Gasteiger partial charge in [-0.05, 0) is 29.0 Å². The monoisotopic (exact) mass is 400 g/mol. The van der Waals surface area contributed by atoms with E-state index in [-0.39, 0.29) is 57.0 Å². The molecular weight excluding hydrogens is 387 g/mol. The molecule has 0 bridgehead atoms. The van der Waals surface area contributed by atoms with E-state index in [4.69, 9.17) is 0 Å². The Balaban J connectivity index is 0.00000225. The summed E-state index contributed by atoms with van der Waals surface area (Å²) in [6.45, 7) is 0. The Morgan fingerprint density at radius 3 is 2.21 bits per heavy atom. The third-order valence-corrected chi connectivity index (χ3v) is 5.13. The van der Waals surface area contributed by atoms with Gasteiger partial charge in [-0.3, -0.25) is 0 Å². The molecule has 0 spiro atoms. The smallest absolute Gasteiger partial charge is 0.744 e. The number of fused-ring (bicyclic) bond motifs is 2. The molecule has 4 aromatic rings. The summed E-state index contributed by atoms with van der Waals surface area (Å²) < 4.78 is 34.9. The second-order valence-corrected chi connectivity index (χ2v) is 7.29. The maximum atomic E-state index is 11.6. The van der Waals surface area contributed by atoms with Crippen molar-refractivity contribution in [2.45, 2.75) is 4.90 Å². The van der Waals surface area contributed by atoms with Crippen LogP contribution in [0.3, 0.4) is 0 Å². The minimum Gasteiger partial charge on any atom is -0.744 e. The summed E-state index contributed by atoms with van der Waals surface area (Å²) in [7, 11) is -4.68. The van der Waals surface area contributed by atoms with Crippen molar-refractivity contribution < 1.29 is 47.6 Å². The van der Waals surface area contributed by atoms with Crippen molar-refractivity contribution in [1.82, 2.24) is 0 Å². The largest absolute Gasteiger partial charge is 1.00 e. The van der Waals surface area contributed by atoms with Crippen molar-refractivity contribution in [3.8, 4) is 5.75 Å². The van der Waals surface area contributed by atoms with Gasteiger partial charge < -0.3 is 9.66 Å². The van der Waals surface area contributed by atoms with E-state index in [1.54, 1.807) is 36.4 Å². The average Bonchev–Trinajstić information content (AvgIpc) is 2.66. The quantitative estimate of drug-likeness (QED) is 0.323. The van der Waals surface area contributed by atoms with Crippen molar-refractivity contribution in [2.24, 2.45) is 10.2 Å². The molecule has 0 saturated carbocycles. The number of benzene rings is 4. The van der Waals surface area contributed by atoms with E-state index in [1.165, 1.54) is 18.2 Å². The van der Waals surface area contributed by atoms with Gasteiger partial charge in [-0.25, -0.2) is 8.42 Å². The average molecular weight is 400 g/mol. The Morgan fingerprint density at radius 2 is 1.46 bits per heavy atom. The van der Waals surface area contributed by atoms with Crippen LogP contribution in [0.15, 0.2) is 87.9 Å². The molecule has 8 heteroatoms. The van der Waals surface area contributed by atoms with Crippen LogP contribution in [0.25, 0.3) is 21.5 Å². The van der Waals surface area contributed by atoms with E-state index < -0.39 is 10.1 Å². The maximum Gasteiger partial charge on any atom is 1.00 e. The van der Waals surface area contributed by atoms with Crippen LogP contribution >= 0.6 is 0 Å². The Bertz CT molecular complexity index is 1320. The normalized spacial score (nSPS) is 11.8. The van der Waals surface area contributed by atoms with Gasteiger partial charge in [0, 0.05) is 10.8 Å². The SMILES string of the molecule is O=S(=O)([O-])c1cccc2cccc(N=Nc3c(O)ccc4ccccc34)c12.[Na+]. The molecule has 134 valence electrons. The third-order valence-electron chi connectivity index (χ3n) is 4.25. The van der Waals surface area contributed by atoms with Gasteiger partial charge in [0.25, 0.3) is 0 Å². The number of azo groups is 1. The van der Waals surface area contributed by atoms with E-state index in [9.17, 15) is 18.1 Å². The minimum atomic E-state index is -4.68. The molecule has 0 aliphatic heterocycles. The Morgan fingerprint density at radius 1 is 0.786 bits per heavy atom. The van der Waals surface area contributed by atoms with Gasteiger partial charge in [-0.1, -0.05) is 54.6 Å². The molecule has 0 aromatic heterocycles. The summed E-state index contributed by atoms with van der Waals surface area (Å²) >= 11 is 0. The first-order chi connectivity index (χ1) is 12.9. The minimum absolute atomic E-state index is 0. The van der Waals surface area contributed by atoms with Crippen LogP contribution in [-0.2, 0) is 10.1 Å². The van der Waals surface area contributed by atoms with Crippen LogP contribution in [-0.4, -0.2) is 18.1 Å². The van der Waals surface area contributed by atoms with E-state index in [0.29, 0.717) is 10.8 Å². The van der Waals surface area contributed by atoms with E-state index >= 15 is 0 Å². The molecule has 0 unspecified atom stereocenters. The van der Waals surface area contributed by atoms with E-state index in [0.717, 1.165) is 5.39 Å². The summed E-state index contributed by atoms with van der Waals surface area (Å²) in [5, 5.41) is 20.8. The molecule has 0 aliphatic carbocycles. The van der Waals surface area contributed by atoms with Crippen LogP contribution < -0.4 is 29.6 Å². The second-order valence-electron chi connectivity index (χ2n) is 5.94. The summed E-state index contributed by atoms with van der Waals surface area (Å²) in [4.78, 5) is -0.350. The number of phenols is 1.